The molecule has 1 aromatic rings. The number of hydrogen-bond acceptors (Lipinski definition) is 3. The van der Waals surface area contributed by atoms with Gasteiger partial charge < -0.3 is 10.4 Å². The normalized spacial score (nSPS) is 16.8. The van der Waals surface area contributed by atoms with Crippen LogP contribution in [-0.2, 0) is 11.0 Å². The maximum Gasteiger partial charge on any atom is 0.416 e. The highest BCUT2D eigenvalue weighted by Crippen LogP contribution is 2.30. The Kier molecular flexibility index (Phi) is 6.12. The molecule has 126 valence electrons. The van der Waals surface area contributed by atoms with E-state index in [1.165, 1.54) is 18.2 Å². The van der Waals surface area contributed by atoms with Crippen LogP contribution in [0.2, 0.25) is 0 Å². The maximum absolute atomic E-state index is 12.6. The minimum absolute atomic E-state index is 0.126. The molecule has 1 aliphatic heterocycles. The molecule has 1 unspecified atom stereocenters. The molecule has 0 saturated carbocycles. The predicted molar refractivity (Wildman–Crippen MR) is 84.1 cm³/mol. The molecule has 0 radical (unpaired) electrons. The van der Waals surface area contributed by atoms with E-state index in [4.69, 9.17) is 0 Å². The molecule has 7 heteroatoms. The number of aliphatic hydroxyl groups excluding tert-OH is 1. The fourth-order valence-corrected chi connectivity index (χ4v) is 3.27. The molecule has 0 aromatic heterocycles. The highest BCUT2D eigenvalue weighted by atomic mass is 32.2. The lowest BCUT2D eigenvalue weighted by molar-refractivity contribution is -0.137. The van der Waals surface area contributed by atoms with Crippen molar-refractivity contribution >= 4 is 17.7 Å². The number of rotatable bonds is 4. The molecule has 3 nitrogen and oxygen atoms in total. The zero-order valence-electron chi connectivity index (χ0n) is 12.4. The summed E-state index contributed by atoms with van der Waals surface area (Å²) in [6.45, 7) is -0.126. The molecule has 2 rings (SSSR count). The molecule has 1 saturated heterocycles. The van der Waals surface area contributed by atoms with E-state index in [1.54, 1.807) is 0 Å². The zero-order valence-corrected chi connectivity index (χ0v) is 13.2. The third-order valence-electron chi connectivity index (χ3n) is 3.54. The smallest absolute Gasteiger partial charge is 0.387 e. The van der Waals surface area contributed by atoms with Crippen molar-refractivity contribution in [3.8, 4) is 0 Å². The molecule has 0 bridgehead atoms. The standard InChI is InChI=1S/C16H18F3NO2S/c17-16(18,19)13-3-1-2-12(9-13)14(21)10-20-15(22)8-11-4-6-23-7-5-11/h1-3,8-9,14,21H,4-7,10H2,(H,20,22). The summed E-state index contributed by atoms with van der Waals surface area (Å²) in [5, 5.41) is 12.5. The van der Waals surface area contributed by atoms with E-state index in [2.05, 4.69) is 5.32 Å². The predicted octanol–water partition coefficient (Wildman–Crippen LogP) is 3.31. The molecule has 1 fully saturated rings. The zero-order chi connectivity index (χ0) is 16.9. The van der Waals surface area contributed by atoms with Crippen molar-refractivity contribution in [1.29, 1.82) is 0 Å². The van der Waals surface area contributed by atoms with Crippen LogP contribution < -0.4 is 5.32 Å². The van der Waals surface area contributed by atoms with E-state index < -0.39 is 17.8 Å². The third kappa shape index (κ3) is 5.58. The minimum Gasteiger partial charge on any atom is -0.387 e. The number of halogens is 3. The number of amides is 1. The van der Waals surface area contributed by atoms with Crippen LogP contribution in [0.4, 0.5) is 13.2 Å². The van der Waals surface area contributed by atoms with Gasteiger partial charge in [0.1, 0.15) is 0 Å². The van der Waals surface area contributed by atoms with Crippen LogP contribution >= 0.6 is 11.8 Å². The first-order valence-corrected chi connectivity index (χ1v) is 8.42. The summed E-state index contributed by atoms with van der Waals surface area (Å²) in [5.41, 5.74) is 0.374. The van der Waals surface area contributed by atoms with Gasteiger partial charge in [0.15, 0.2) is 0 Å². The van der Waals surface area contributed by atoms with Crippen LogP contribution in [0.15, 0.2) is 35.9 Å². The van der Waals surface area contributed by atoms with Gasteiger partial charge in [-0.1, -0.05) is 17.7 Å². The van der Waals surface area contributed by atoms with Crippen molar-refractivity contribution in [3.05, 3.63) is 47.0 Å². The summed E-state index contributed by atoms with van der Waals surface area (Å²) in [5.74, 6) is 1.66. The quantitative estimate of drug-likeness (QED) is 0.823. The molecule has 1 aromatic carbocycles. The fourth-order valence-electron chi connectivity index (χ4n) is 2.25. The number of allylic oxidation sites excluding steroid dienone is 1. The number of carbonyl (C=O) groups excluding carboxylic acids is 1. The van der Waals surface area contributed by atoms with Crippen molar-refractivity contribution in [3.63, 3.8) is 0 Å². The first kappa shape index (κ1) is 17.9. The summed E-state index contributed by atoms with van der Waals surface area (Å²) < 4.78 is 37.9. The summed E-state index contributed by atoms with van der Waals surface area (Å²) >= 11 is 1.84. The molecule has 1 aliphatic rings. The lowest BCUT2D eigenvalue weighted by Crippen LogP contribution is -2.27. The van der Waals surface area contributed by atoms with Gasteiger partial charge >= 0.3 is 6.18 Å². The average Bonchev–Trinajstić information content (AvgIpc) is 2.53. The van der Waals surface area contributed by atoms with Crippen molar-refractivity contribution in [2.75, 3.05) is 18.1 Å². The molecular formula is C16H18F3NO2S. The Labute approximate surface area is 137 Å². The number of hydrogen-bond donors (Lipinski definition) is 2. The highest BCUT2D eigenvalue weighted by molar-refractivity contribution is 7.99. The third-order valence-corrected chi connectivity index (χ3v) is 4.52. The van der Waals surface area contributed by atoms with Gasteiger partial charge in [0, 0.05) is 12.6 Å². The highest BCUT2D eigenvalue weighted by Gasteiger charge is 2.30. The van der Waals surface area contributed by atoms with Gasteiger partial charge in [-0.05, 0) is 42.0 Å². The van der Waals surface area contributed by atoms with E-state index in [-0.39, 0.29) is 18.0 Å². The van der Waals surface area contributed by atoms with Gasteiger partial charge in [-0.15, -0.1) is 0 Å². The molecule has 0 aliphatic carbocycles. The lowest BCUT2D eigenvalue weighted by Gasteiger charge is -2.15. The van der Waals surface area contributed by atoms with Crippen LogP contribution in [0.1, 0.15) is 30.1 Å². The molecule has 1 amide bonds. The Morgan fingerprint density at radius 1 is 1.35 bits per heavy atom. The lowest BCUT2D eigenvalue weighted by atomic mass is 10.1. The monoisotopic (exact) mass is 345 g/mol. The van der Waals surface area contributed by atoms with E-state index in [0.29, 0.717) is 0 Å². The van der Waals surface area contributed by atoms with Crippen molar-refractivity contribution in [1.82, 2.24) is 5.32 Å². The average molecular weight is 345 g/mol. The number of carbonyl (C=O) groups is 1. The van der Waals surface area contributed by atoms with Gasteiger partial charge in [-0.3, -0.25) is 4.79 Å². The minimum atomic E-state index is -4.46. The molecule has 2 N–H and O–H groups in total. The van der Waals surface area contributed by atoms with Crippen molar-refractivity contribution in [2.45, 2.75) is 25.1 Å². The van der Waals surface area contributed by atoms with E-state index in [0.717, 1.165) is 42.1 Å². The Morgan fingerprint density at radius 2 is 2.04 bits per heavy atom. The van der Waals surface area contributed by atoms with E-state index in [1.807, 2.05) is 11.8 Å². The number of alkyl halides is 3. The van der Waals surface area contributed by atoms with E-state index >= 15 is 0 Å². The van der Waals surface area contributed by atoms with Gasteiger partial charge in [-0.2, -0.15) is 24.9 Å². The summed E-state index contributed by atoms with van der Waals surface area (Å²) in [7, 11) is 0. The Morgan fingerprint density at radius 3 is 2.70 bits per heavy atom. The second-order valence-electron chi connectivity index (χ2n) is 5.30. The number of benzene rings is 1. The number of aliphatic hydroxyl groups is 1. The van der Waals surface area contributed by atoms with Crippen LogP contribution in [0.3, 0.4) is 0 Å². The summed E-state index contributed by atoms with van der Waals surface area (Å²) in [4.78, 5) is 11.8. The second-order valence-corrected chi connectivity index (χ2v) is 6.52. The van der Waals surface area contributed by atoms with Crippen LogP contribution in [0, 0.1) is 0 Å². The Hall–Kier alpha value is -1.47. The molecule has 1 heterocycles. The summed E-state index contributed by atoms with van der Waals surface area (Å²) in [6.07, 6.45) is -2.37. The second kappa shape index (κ2) is 7.88. The van der Waals surface area contributed by atoms with E-state index in [9.17, 15) is 23.1 Å². The van der Waals surface area contributed by atoms with Crippen LogP contribution in [-0.4, -0.2) is 29.1 Å². The van der Waals surface area contributed by atoms with Crippen LogP contribution in [0.25, 0.3) is 0 Å². The first-order valence-electron chi connectivity index (χ1n) is 7.26. The summed E-state index contributed by atoms with van der Waals surface area (Å²) in [6, 6.07) is 4.49. The molecule has 0 spiro atoms. The van der Waals surface area contributed by atoms with Crippen molar-refractivity contribution < 1.29 is 23.1 Å². The van der Waals surface area contributed by atoms with Crippen LogP contribution in [0.5, 0.6) is 0 Å². The number of nitrogens with one attached hydrogen (secondary N) is 1. The Balaban J connectivity index is 1.91. The van der Waals surface area contributed by atoms with Gasteiger partial charge in [-0.25, -0.2) is 0 Å². The molecular weight excluding hydrogens is 327 g/mol. The largest absolute Gasteiger partial charge is 0.416 e. The Bertz CT molecular complexity index is 579. The molecule has 1 atom stereocenters. The van der Waals surface area contributed by atoms with Crippen molar-refractivity contribution in [2.24, 2.45) is 0 Å². The SMILES string of the molecule is O=C(C=C1CCSCC1)NCC(O)c1cccc(C(F)(F)F)c1. The maximum atomic E-state index is 12.6. The molecule has 23 heavy (non-hydrogen) atoms. The first-order chi connectivity index (χ1) is 10.9. The fraction of sp³-hybridized carbons (Fsp3) is 0.438. The number of thioether (sulfide) groups is 1. The van der Waals surface area contributed by atoms with Gasteiger partial charge in [0.25, 0.3) is 0 Å². The van der Waals surface area contributed by atoms with Gasteiger partial charge in [0.05, 0.1) is 11.7 Å². The van der Waals surface area contributed by atoms with Gasteiger partial charge in [0.2, 0.25) is 5.91 Å². The topological polar surface area (TPSA) is 49.3 Å².